The number of isocyanates is 2. The van der Waals surface area contributed by atoms with Crippen LogP contribution >= 0.6 is 0 Å². The van der Waals surface area contributed by atoms with Crippen LogP contribution in [0.5, 0.6) is 0 Å². The average Bonchev–Trinajstić information content (AvgIpc) is 1.86. The molecule has 0 aliphatic heterocycles. The largest absolute Gasteiger partial charge is 0.235 e. The summed E-state index contributed by atoms with van der Waals surface area (Å²) in [4.78, 5) is 27.2. The van der Waals surface area contributed by atoms with Crippen LogP contribution in [0.2, 0.25) is 0 Å². The summed E-state index contributed by atoms with van der Waals surface area (Å²) in [5.74, 6) is 0. The van der Waals surface area contributed by atoms with E-state index in [-0.39, 0.29) is 0 Å². The molecule has 4 heteroatoms. The Labute approximate surface area is 71.4 Å². The van der Waals surface area contributed by atoms with Crippen molar-refractivity contribution in [3.05, 3.63) is 0 Å². The molecule has 0 aliphatic rings. The van der Waals surface area contributed by atoms with Crippen molar-refractivity contribution in [2.24, 2.45) is 9.98 Å². The van der Waals surface area contributed by atoms with E-state index in [2.05, 4.69) is 9.98 Å². The molecule has 0 unspecified atom stereocenters. The van der Waals surface area contributed by atoms with Gasteiger partial charge in [0.05, 0.1) is 11.1 Å². The van der Waals surface area contributed by atoms with Crippen LogP contribution < -0.4 is 0 Å². The highest BCUT2D eigenvalue weighted by Crippen LogP contribution is 2.27. The van der Waals surface area contributed by atoms with E-state index in [1.807, 2.05) is 0 Å². The molecular formula is C8H12N2O2. The second-order valence-electron chi connectivity index (χ2n) is 3.52. The van der Waals surface area contributed by atoms with Gasteiger partial charge in [0.1, 0.15) is 0 Å². The summed E-state index contributed by atoms with van der Waals surface area (Å²) < 4.78 is 0. The molecule has 0 atom stereocenters. The molecule has 0 aromatic rings. The van der Waals surface area contributed by atoms with Gasteiger partial charge < -0.3 is 0 Å². The van der Waals surface area contributed by atoms with Gasteiger partial charge in [-0.1, -0.05) is 0 Å². The highest BCUT2D eigenvalue weighted by molar-refractivity contribution is 5.38. The summed E-state index contributed by atoms with van der Waals surface area (Å²) in [6, 6.07) is 0. The van der Waals surface area contributed by atoms with Crippen LogP contribution in [-0.4, -0.2) is 23.2 Å². The molecule has 0 bridgehead atoms. The Morgan fingerprint density at radius 1 is 0.833 bits per heavy atom. The molecule has 0 saturated heterocycles. The Balaban J connectivity index is 4.98. The highest BCUT2D eigenvalue weighted by atomic mass is 16.1. The molecule has 12 heavy (non-hydrogen) atoms. The van der Waals surface area contributed by atoms with Crippen LogP contribution in [0.3, 0.4) is 0 Å². The zero-order valence-corrected chi connectivity index (χ0v) is 7.71. The molecule has 0 amide bonds. The van der Waals surface area contributed by atoms with E-state index >= 15 is 0 Å². The Morgan fingerprint density at radius 3 is 1.25 bits per heavy atom. The summed E-state index contributed by atoms with van der Waals surface area (Å²) >= 11 is 0. The molecular weight excluding hydrogens is 156 g/mol. The fourth-order valence-electron chi connectivity index (χ4n) is 0.502. The maximum atomic E-state index is 10.0. The number of aliphatic imine (C=N–C) groups is 2. The molecule has 0 fully saturated rings. The second kappa shape index (κ2) is 3.44. The van der Waals surface area contributed by atoms with Crippen molar-refractivity contribution in [2.75, 3.05) is 0 Å². The predicted molar refractivity (Wildman–Crippen MR) is 44.4 cm³/mol. The first-order valence-corrected chi connectivity index (χ1v) is 3.55. The van der Waals surface area contributed by atoms with Gasteiger partial charge in [0, 0.05) is 0 Å². The van der Waals surface area contributed by atoms with E-state index < -0.39 is 11.1 Å². The molecule has 0 spiro atoms. The lowest BCUT2D eigenvalue weighted by atomic mass is 9.84. The zero-order valence-electron chi connectivity index (χ0n) is 7.71. The van der Waals surface area contributed by atoms with E-state index in [1.165, 1.54) is 12.2 Å². The van der Waals surface area contributed by atoms with Crippen LogP contribution in [0.4, 0.5) is 0 Å². The van der Waals surface area contributed by atoms with E-state index in [0.29, 0.717) is 0 Å². The van der Waals surface area contributed by atoms with Crippen molar-refractivity contribution in [3.8, 4) is 0 Å². The third kappa shape index (κ3) is 2.12. The summed E-state index contributed by atoms with van der Waals surface area (Å²) in [5.41, 5.74) is -1.46. The Bertz CT molecular complexity index is 228. The van der Waals surface area contributed by atoms with E-state index in [4.69, 9.17) is 0 Å². The first-order chi connectivity index (χ1) is 5.37. The summed E-state index contributed by atoms with van der Waals surface area (Å²) in [6.45, 7) is 6.83. The molecule has 4 nitrogen and oxygen atoms in total. The van der Waals surface area contributed by atoms with Gasteiger partial charge in [-0.15, -0.1) is 0 Å². The van der Waals surface area contributed by atoms with Gasteiger partial charge in [-0.3, -0.25) is 0 Å². The molecule has 0 aromatic heterocycles. The Kier molecular flexibility index (Phi) is 3.08. The summed E-state index contributed by atoms with van der Waals surface area (Å²) in [7, 11) is 0. The lowest BCUT2D eigenvalue weighted by Crippen LogP contribution is -2.41. The van der Waals surface area contributed by atoms with Crippen LogP contribution in [0.1, 0.15) is 27.7 Å². The first kappa shape index (κ1) is 10.8. The lowest BCUT2D eigenvalue weighted by molar-refractivity contribution is 0.312. The molecule has 0 radical (unpaired) electrons. The molecule has 0 aromatic carbocycles. The third-order valence-corrected chi connectivity index (χ3v) is 2.15. The second-order valence-corrected chi connectivity index (χ2v) is 3.52. The van der Waals surface area contributed by atoms with Crippen LogP contribution in [0, 0.1) is 0 Å². The fraction of sp³-hybridized carbons (Fsp3) is 0.750. The topological polar surface area (TPSA) is 58.9 Å². The van der Waals surface area contributed by atoms with Gasteiger partial charge in [0.25, 0.3) is 0 Å². The molecule has 0 aliphatic carbocycles. The zero-order chi connectivity index (χ0) is 9.83. The van der Waals surface area contributed by atoms with Gasteiger partial charge in [-0.2, -0.15) is 9.98 Å². The lowest BCUT2D eigenvalue weighted by Gasteiger charge is -2.31. The molecule has 0 heterocycles. The van der Waals surface area contributed by atoms with Crippen molar-refractivity contribution in [3.63, 3.8) is 0 Å². The van der Waals surface area contributed by atoms with E-state index in [0.717, 1.165) is 0 Å². The highest BCUT2D eigenvalue weighted by Gasteiger charge is 2.37. The van der Waals surface area contributed by atoms with Crippen molar-refractivity contribution in [2.45, 2.75) is 38.8 Å². The van der Waals surface area contributed by atoms with Crippen molar-refractivity contribution >= 4 is 12.2 Å². The van der Waals surface area contributed by atoms with Crippen molar-refractivity contribution < 1.29 is 9.59 Å². The minimum absolute atomic E-state index is 0.730. The molecule has 66 valence electrons. The Morgan fingerprint density at radius 2 is 1.08 bits per heavy atom. The van der Waals surface area contributed by atoms with Crippen LogP contribution in [0.25, 0.3) is 0 Å². The smallest absolute Gasteiger partial charge is 0.211 e. The van der Waals surface area contributed by atoms with E-state index in [9.17, 15) is 9.59 Å². The number of nitrogens with zero attached hydrogens (tertiary/aromatic N) is 2. The SMILES string of the molecule is CC(C)(N=C=O)C(C)(C)N=C=O. The average molecular weight is 168 g/mol. The predicted octanol–water partition coefficient (Wildman–Crippen LogP) is 1.22. The minimum Gasteiger partial charge on any atom is -0.211 e. The monoisotopic (exact) mass is 168 g/mol. The summed E-state index contributed by atoms with van der Waals surface area (Å²) in [6.07, 6.45) is 2.92. The third-order valence-electron chi connectivity index (χ3n) is 2.15. The van der Waals surface area contributed by atoms with Crippen LogP contribution in [-0.2, 0) is 9.59 Å². The van der Waals surface area contributed by atoms with Gasteiger partial charge in [0.15, 0.2) is 0 Å². The fourth-order valence-corrected chi connectivity index (χ4v) is 0.502. The minimum atomic E-state index is -0.730. The van der Waals surface area contributed by atoms with Crippen molar-refractivity contribution in [1.82, 2.24) is 0 Å². The number of rotatable bonds is 3. The van der Waals surface area contributed by atoms with Crippen molar-refractivity contribution in [1.29, 1.82) is 0 Å². The van der Waals surface area contributed by atoms with Crippen LogP contribution in [0.15, 0.2) is 9.98 Å². The van der Waals surface area contributed by atoms with E-state index in [1.54, 1.807) is 27.7 Å². The number of carbonyl (C=O) groups excluding carboxylic acids is 2. The quantitative estimate of drug-likeness (QED) is 0.469. The molecule has 0 rings (SSSR count). The Hall–Kier alpha value is -1.24. The van der Waals surface area contributed by atoms with Gasteiger partial charge in [0.2, 0.25) is 12.2 Å². The maximum Gasteiger partial charge on any atom is 0.235 e. The molecule has 0 N–H and O–H groups in total. The number of hydrogen-bond acceptors (Lipinski definition) is 4. The standard InChI is InChI=1S/C8H12N2O2/c1-7(2,9-5-11)8(3,4)10-6-12/h1-4H3. The summed E-state index contributed by atoms with van der Waals surface area (Å²) in [5, 5.41) is 0. The van der Waals surface area contributed by atoms with Gasteiger partial charge in [-0.25, -0.2) is 9.59 Å². The van der Waals surface area contributed by atoms with Gasteiger partial charge in [-0.05, 0) is 27.7 Å². The molecule has 0 saturated carbocycles. The first-order valence-electron chi connectivity index (χ1n) is 3.55. The number of hydrogen-bond donors (Lipinski definition) is 0. The maximum absolute atomic E-state index is 10.0. The van der Waals surface area contributed by atoms with Gasteiger partial charge >= 0.3 is 0 Å². The normalized spacial score (nSPS) is 11.3.